The topological polar surface area (TPSA) is 56.6 Å². The highest BCUT2D eigenvalue weighted by Crippen LogP contribution is 2.32. The minimum absolute atomic E-state index is 0.0650. The molecule has 0 spiro atoms. The first-order chi connectivity index (χ1) is 12.3. The predicted octanol–water partition coefficient (Wildman–Crippen LogP) is 2.56. The Morgan fingerprint density at radius 2 is 2.08 bits per heavy atom. The van der Waals surface area contributed by atoms with E-state index in [-0.39, 0.29) is 12.7 Å². The number of amides is 1. The van der Waals surface area contributed by atoms with Crippen LogP contribution in [0, 0.1) is 5.92 Å². The fourth-order valence-corrected chi connectivity index (χ4v) is 3.30. The lowest BCUT2D eigenvalue weighted by Gasteiger charge is -2.31. The average molecular weight is 339 g/mol. The van der Waals surface area contributed by atoms with Crippen LogP contribution in [0.5, 0.6) is 11.5 Å². The summed E-state index contributed by atoms with van der Waals surface area (Å²) in [6.45, 7) is 2.80. The van der Waals surface area contributed by atoms with Crippen molar-refractivity contribution in [2.45, 2.75) is 19.4 Å². The predicted molar refractivity (Wildman–Crippen MR) is 93.1 cm³/mol. The van der Waals surface area contributed by atoms with Crippen molar-refractivity contribution in [2.24, 2.45) is 5.92 Å². The maximum Gasteiger partial charge on any atom is 0.246 e. The highest BCUT2D eigenvalue weighted by Gasteiger charge is 2.22. The summed E-state index contributed by atoms with van der Waals surface area (Å²) in [5.74, 6) is 2.13. The van der Waals surface area contributed by atoms with Gasteiger partial charge in [-0.15, -0.1) is 0 Å². The van der Waals surface area contributed by atoms with Crippen LogP contribution < -0.4 is 9.47 Å². The summed E-state index contributed by atoms with van der Waals surface area (Å²) in [4.78, 5) is 14.3. The van der Waals surface area contributed by atoms with Gasteiger partial charge in [0.1, 0.15) is 0 Å². The van der Waals surface area contributed by atoms with Gasteiger partial charge in [0.05, 0.1) is 0 Å². The standard InChI is InChI=1S/C19H21N3O3/c23-19(5-3-15-2-4-17-18(12-15)25-14-24-17)21-10-6-16(7-11-21)13-22-9-1-8-20-22/h1-5,8-9,12,16H,6-7,10-11,13-14H2. The number of rotatable bonds is 4. The van der Waals surface area contributed by atoms with Crippen molar-refractivity contribution in [3.05, 3.63) is 48.3 Å². The van der Waals surface area contributed by atoms with Gasteiger partial charge >= 0.3 is 0 Å². The molecule has 0 saturated carbocycles. The van der Waals surface area contributed by atoms with Gasteiger partial charge in [-0.05, 0) is 48.6 Å². The molecule has 25 heavy (non-hydrogen) atoms. The Hall–Kier alpha value is -2.76. The Kier molecular flexibility index (Phi) is 4.41. The second-order valence-corrected chi connectivity index (χ2v) is 6.44. The van der Waals surface area contributed by atoms with E-state index in [0.29, 0.717) is 5.92 Å². The third-order valence-electron chi connectivity index (χ3n) is 4.75. The van der Waals surface area contributed by atoms with Crippen molar-refractivity contribution in [1.82, 2.24) is 14.7 Å². The zero-order valence-electron chi connectivity index (χ0n) is 14.0. The first-order valence-corrected chi connectivity index (χ1v) is 8.62. The number of benzene rings is 1. The van der Waals surface area contributed by atoms with Gasteiger partial charge in [-0.1, -0.05) is 6.07 Å². The summed E-state index contributed by atoms with van der Waals surface area (Å²) in [5, 5.41) is 4.26. The third kappa shape index (κ3) is 3.68. The number of hydrogen-bond acceptors (Lipinski definition) is 4. The number of aromatic nitrogens is 2. The van der Waals surface area contributed by atoms with E-state index in [1.807, 2.05) is 46.1 Å². The molecule has 1 saturated heterocycles. The third-order valence-corrected chi connectivity index (χ3v) is 4.75. The van der Waals surface area contributed by atoms with Crippen LogP contribution in [0.15, 0.2) is 42.7 Å². The molecule has 6 heteroatoms. The molecule has 1 amide bonds. The summed E-state index contributed by atoms with van der Waals surface area (Å²) < 4.78 is 12.6. The van der Waals surface area contributed by atoms with Crippen LogP contribution in [0.3, 0.4) is 0 Å². The molecule has 2 aromatic rings. The van der Waals surface area contributed by atoms with Gasteiger partial charge < -0.3 is 14.4 Å². The second-order valence-electron chi connectivity index (χ2n) is 6.44. The number of nitrogens with zero attached hydrogens (tertiary/aromatic N) is 3. The van der Waals surface area contributed by atoms with Crippen LogP contribution in [-0.2, 0) is 11.3 Å². The van der Waals surface area contributed by atoms with E-state index >= 15 is 0 Å². The molecular formula is C19H21N3O3. The van der Waals surface area contributed by atoms with Crippen molar-refractivity contribution in [2.75, 3.05) is 19.9 Å². The van der Waals surface area contributed by atoms with E-state index in [1.165, 1.54) is 0 Å². The molecule has 0 bridgehead atoms. The molecule has 0 radical (unpaired) electrons. The van der Waals surface area contributed by atoms with E-state index in [1.54, 1.807) is 12.3 Å². The highest BCUT2D eigenvalue weighted by molar-refractivity contribution is 5.91. The molecule has 1 aromatic carbocycles. The van der Waals surface area contributed by atoms with E-state index in [2.05, 4.69) is 5.10 Å². The normalized spacial score (nSPS) is 17.4. The van der Waals surface area contributed by atoms with Crippen LogP contribution in [-0.4, -0.2) is 40.5 Å². The summed E-state index contributed by atoms with van der Waals surface area (Å²) in [6, 6.07) is 7.63. The first-order valence-electron chi connectivity index (χ1n) is 8.62. The lowest BCUT2D eigenvalue weighted by molar-refractivity contribution is -0.127. The molecule has 0 atom stereocenters. The maximum atomic E-state index is 12.4. The molecule has 0 unspecified atom stereocenters. The first kappa shape index (κ1) is 15.7. The number of carbonyl (C=O) groups excluding carboxylic acids is 1. The van der Waals surface area contributed by atoms with Crippen LogP contribution in [0.1, 0.15) is 18.4 Å². The number of piperidine rings is 1. The van der Waals surface area contributed by atoms with E-state index in [4.69, 9.17) is 9.47 Å². The molecule has 2 aliphatic rings. The van der Waals surface area contributed by atoms with Crippen LogP contribution in [0.4, 0.5) is 0 Å². The van der Waals surface area contributed by atoms with Crippen molar-refractivity contribution < 1.29 is 14.3 Å². The van der Waals surface area contributed by atoms with Gasteiger partial charge in [-0.25, -0.2) is 0 Å². The van der Waals surface area contributed by atoms with Gasteiger partial charge in [-0.2, -0.15) is 5.10 Å². The summed E-state index contributed by atoms with van der Waals surface area (Å²) in [7, 11) is 0. The minimum Gasteiger partial charge on any atom is -0.454 e. The number of ether oxygens (including phenoxy) is 2. The van der Waals surface area contributed by atoms with Crippen LogP contribution >= 0.6 is 0 Å². The molecule has 0 N–H and O–H groups in total. The smallest absolute Gasteiger partial charge is 0.246 e. The van der Waals surface area contributed by atoms with Crippen molar-refractivity contribution in [3.63, 3.8) is 0 Å². The molecule has 0 aliphatic carbocycles. The molecule has 2 aliphatic heterocycles. The number of fused-ring (bicyclic) bond motifs is 1. The second kappa shape index (κ2) is 7.01. The summed E-state index contributed by atoms with van der Waals surface area (Å²) >= 11 is 0. The summed E-state index contributed by atoms with van der Waals surface area (Å²) in [5.41, 5.74) is 0.936. The number of carbonyl (C=O) groups is 1. The van der Waals surface area contributed by atoms with Crippen molar-refractivity contribution >= 4 is 12.0 Å². The lowest BCUT2D eigenvalue weighted by atomic mass is 9.97. The van der Waals surface area contributed by atoms with E-state index < -0.39 is 0 Å². The van der Waals surface area contributed by atoms with Crippen LogP contribution in [0.2, 0.25) is 0 Å². The molecule has 130 valence electrons. The van der Waals surface area contributed by atoms with Crippen molar-refractivity contribution in [3.8, 4) is 11.5 Å². The monoisotopic (exact) mass is 339 g/mol. The zero-order chi connectivity index (χ0) is 17.1. The van der Waals surface area contributed by atoms with Gasteiger partial charge in [0.15, 0.2) is 11.5 Å². The zero-order valence-corrected chi connectivity index (χ0v) is 14.0. The number of likely N-dealkylation sites (tertiary alicyclic amines) is 1. The molecule has 3 heterocycles. The SMILES string of the molecule is O=C(C=Cc1ccc2c(c1)OCO2)N1CCC(Cn2cccn2)CC1. The molecule has 4 rings (SSSR count). The molecule has 1 aromatic heterocycles. The average Bonchev–Trinajstić information content (AvgIpc) is 3.31. The molecule has 6 nitrogen and oxygen atoms in total. The van der Waals surface area contributed by atoms with Crippen molar-refractivity contribution in [1.29, 1.82) is 0 Å². The van der Waals surface area contributed by atoms with Gasteiger partial charge in [0, 0.05) is 38.1 Å². The minimum atomic E-state index is 0.0650. The highest BCUT2D eigenvalue weighted by atomic mass is 16.7. The quantitative estimate of drug-likeness (QED) is 0.804. The molecular weight excluding hydrogens is 318 g/mol. The maximum absolute atomic E-state index is 12.4. The Bertz CT molecular complexity index is 762. The Morgan fingerprint density at radius 1 is 1.24 bits per heavy atom. The lowest BCUT2D eigenvalue weighted by Crippen LogP contribution is -2.38. The van der Waals surface area contributed by atoms with Crippen LogP contribution in [0.25, 0.3) is 6.08 Å². The fraction of sp³-hybridized carbons (Fsp3) is 0.368. The van der Waals surface area contributed by atoms with Gasteiger partial charge in [0.2, 0.25) is 12.7 Å². The van der Waals surface area contributed by atoms with Gasteiger partial charge in [0.25, 0.3) is 0 Å². The number of hydrogen-bond donors (Lipinski definition) is 0. The Balaban J connectivity index is 1.30. The largest absolute Gasteiger partial charge is 0.454 e. The van der Waals surface area contributed by atoms with Gasteiger partial charge in [-0.3, -0.25) is 9.48 Å². The Morgan fingerprint density at radius 3 is 2.88 bits per heavy atom. The van der Waals surface area contributed by atoms with E-state index in [0.717, 1.165) is 49.5 Å². The Labute approximate surface area is 146 Å². The summed E-state index contributed by atoms with van der Waals surface area (Å²) in [6.07, 6.45) is 9.31. The molecule has 1 fully saturated rings. The fourth-order valence-electron chi connectivity index (χ4n) is 3.30. The van der Waals surface area contributed by atoms with E-state index in [9.17, 15) is 4.79 Å².